The van der Waals surface area contributed by atoms with E-state index in [0.29, 0.717) is 5.69 Å². The Balaban J connectivity index is 2.29. The normalized spacial score (nSPS) is 12.5. The number of hydrogen-bond donors (Lipinski definition) is 1. The van der Waals surface area contributed by atoms with Gasteiger partial charge < -0.3 is 9.73 Å². The lowest BCUT2D eigenvalue weighted by molar-refractivity contribution is 0.500. The van der Waals surface area contributed by atoms with Crippen molar-refractivity contribution in [2.24, 2.45) is 0 Å². The Morgan fingerprint density at radius 3 is 2.21 bits per heavy atom. The molecule has 0 fully saturated rings. The van der Waals surface area contributed by atoms with Crippen LogP contribution < -0.4 is 5.32 Å². The van der Waals surface area contributed by atoms with Crippen molar-refractivity contribution in [3.63, 3.8) is 0 Å². The summed E-state index contributed by atoms with van der Waals surface area (Å²) in [7, 11) is 0. The molecule has 0 aliphatic heterocycles. The fourth-order valence-electron chi connectivity index (χ4n) is 2.05. The van der Waals surface area contributed by atoms with Crippen LogP contribution in [0.15, 0.2) is 22.6 Å². The summed E-state index contributed by atoms with van der Waals surface area (Å²) in [4.78, 5) is 0. The maximum absolute atomic E-state index is 13.1. The van der Waals surface area contributed by atoms with Crippen LogP contribution in [-0.4, -0.2) is 0 Å². The van der Waals surface area contributed by atoms with Crippen molar-refractivity contribution < 1.29 is 8.81 Å². The van der Waals surface area contributed by atoms with Crippen molar-refractivity contribution in [2.75, 3.05) is 5.32 Å². The van der Waals surface area contributed by atoms with Crippen LogP contribution in [0.3, 0.4) is 0 Å². The second-order valence-electron chi connectivity index (χ2n) is 4.48. The van der Waals surface area contributed by atoms with E-state index in [9.17, 15) is 4.39 Å². The molecular formula is C14H14Cl2FNO. The monoisotopic (exact) mass is 301 g/mol. The summed E-state index contributed by atoms with van der Waals surface area (Å²) in [6.07, 6.45) is 0. The van der Waals surface area contributed by atoms with Gasteiger partial charge in [-0.15, -0.1) is 0 Å². The molecule has 5 heteroatoms. The van der Waals surface area contributed by atoms with Gasteiger partial charge in [0, 0.05) is 5.56 Å². The quantitative estimate of drug-likeness (QED) is 0.808. The molecule has 1 heterocycles. The predicted molar refractivity (Wildman–Crippen MR) is 76.6 cm³/mol. The molecule has 1 atom stereocenters. The van der Waals surface area contributed by atoms with E-state index in [1.165, 1.54) is 12.1 Å². The van der Waals surface area contributed by atoms with Crippen LogP contribution in [0.4, 0.5) is 10.1 Å². The second-order valence-corrected chi connectivity index (χ2v) is 5.29. The average Bonchev–Trinajstić information content (AvgIpc) is 2.62. The molecule has 0 aliphatic rings. The molecule has 0 amide bonds. The highest BCUT2D eigenvalue weighted by Crippen LogP contribution is 2.35. The first-order valence-corrected chi connectivity index (χ1v) is 6.62. The Morgan fingerprint density at radius 2 is 1.74 bits per heavy atom. The number of benzene rings is 1. The first-order valence-electron chi connectivity index (χ1n) is 5.86. The second kappa shape index (κ2) is 5.43. The zero-order valence-corrected chi connectivity index (χ0v) is 12.4. The molecule has 1 N–H and O–H groups in total. The zero-order valence-electron chi connectivity index (χ0n) is 10.9. The molecule has 1 unspecified atom stereocenters. The number of hydrogen-bond acceptors (Lipinski definition) is 2. The first kappa shape index (κ1) is 14.2. The average molecular weight is 302 g/mol. The lowest BCUT2D eigenvalue weighted by Gasteiger charge is -2.17. The van der Waals surface area contributed by atoms with E-state index in [0.717, 1.165) is 17.1 Å². The van der Waals surface area contributed by atoms with E-state index in [-0.39, 0.29) is 16.1 Å². The standard InChI is InChI=1S/C14H14Cl2FNO/c1-7-4-11(9(3)19-7)8(2)18-14-12(15)5-10(17)6-13(14)16/h4-6,8,18H,1-3H3. The third-order valence-electron chi connectivity index (χ3n) is 2.91. The smallest absolute Gasteiger partial charge is 0.126 e. The van der Waals surface area contributed by atoms with Crippen LogP contribution in [-0.2, 0) is 0 Å². The van der Waals surface area contributed by atoms with E-state index in [4.69, 9.17) is 27.6 Å². The summed E-state index contributed by atoms with van der Waals surface area (Å²) < 4.78 is 18.6. The maximum Gasteiger partial charge on any atom is 0.126 e. The maximum atomic E-state index is 13.1. The van der Waals surface area contributed by atoms with E-state index < -0.39 is 5.82 Å². The minimum Gasteiger partial charge on any atom is -0.466 e. The minimum absolute atomic E-state index is 0.0436. The summed E-state index contributed by atoms with van der Waals surface area (Å²) >= 11 is 12.0. The topological polar surface area (TPSA) is 25.2 Å². The van der Waals surface area contributed by atoms with Gasteiger partial charge in [-0.2, -0.15) is 0 Å². The van der Waals surface area contributed by atoms with Crippen molar-refractivity contribution in [3.05, 3.63) is 51.1 Å². The van der Waals surface area contributed by atoms with Gasteiger partial charge in [-0.25, -0.2) is 4.39 Å². The van der Waals surface area contributed by atoms with Crippen LogP contribution >= 0.6 is 23.2 Å². The van der Waals surface area contributed by atoms with E-state index in [2.05, 4.69) is 5.32 Å². The van der Waals surface area contributed by atoms with Gasteiger partial charge in [0.05, 0.1) is 21.8 Å². The molecule has 0 spiro atoms. The number of halogens is 3. The van der Waals surface area contributed by atoms with E-state index >= 15 is 0 Å². The van der Waals surface area contributed by atoms with Crippen LogP contribution in [0, 0.1) is 19.7 Å². The van der Waals surface area contributed by atoms with Gasteiger partial charge in [0.25, 0.3) is 0 Å². The van der Waals surface area contributed by atoms with Crippen LogP contribution in [0.2, 0.25) is 10.0 Å². The Morgan fingerprint density at radius 1 is 1.16 bits per heavy atom. The van der Waals surface area contributed by atoms with Crippen molar-refractivity contribution >= 4 is 28.9 Å². The molecule has 0 saturated carbocycles. The summed E-state index contributed by atoms with van der Waals surface area (Å²) in [5.74, 6) is 1.23. The van der Waals surface area contributed by atoms with Crippen LogP contribution in [0.5, 0.6) is 0 Å². The third kappa shape index (κ3) is 3.04. The number of anilines is 1. The van der Waals surface area contributed by atoms with Gasteiger partial charge in [0.15, 0.2) is 0 Å². The zero-order chi connectivity index (χ0) is 14.2. The highest BCUT2D eigenvalue weighted by atomic mass is 35.5. The van der Waals surface area contributed by atoms with Crippen molar-refractivity contribution in [2.45, 2.75) is 26.8 Å². The summed E-state index contributed by atoms with van der Waals surface area (Å²) in [5.41, 5.74) is 1.55. The summed E-state index contributed by atoms with van der Waals surface area (Å²) in [6.45, 7) is 5.75. The van der Waals surface area contributed by atoms with Gasteiger partial charge in [0.2, 0.25) is 0 Å². The fourth-order valence-corrected chi connectivity index (χ4v) is 2.62. The Labute approximate surface area is 121 Å². The van der Waals surface area contributed by atoms with Crippen molar-refractivity contribution in [3.8, 4) is 0 Å². The molecule has 102 valence electrons. The molecule has 2 aromatic rings. The van der Waals surface area contributed by atoms with Gasteiger partial charge in [-0.1, -0.05) is 23.2 Å². The fraction of sp³-hybridized carbons (Fsp3) is 0.286. The highest BCUT2D eigenvalue weighted by molar-refractivity contribution is 6.39. The van der Waals surface area contributed by atoms with Gasteiger partial charge in [-0.05, 0) is 39.0 Å². The molecule has 0 radical (unpaired) electrons. The molecule has 2 nitrogen and oxygen atoms in total. The molecule has 0 saturated heterocycles. The molecule has 1 aromatic heterocycles. The number of nitrogens with one attached hydrogen (secondary N) is 1. The van der Waals surface area contributed by atoms with Gasteiger partial charge in [0.1, 0.15) is 17.3 Å². The minimum atomic E-state index is -0.455. The van der Waals surface area contributed by atoms with Crippen molar-refractivity contribution in [1.29, 1.82) is 0 Å². The Kier molecular flexibility index (Phi) is 4.07. The van der Waals surface area contributed by atoms with E-state index in [1.54, 1.807) is 0 Å². The number of furan rings is 1. The molecule has 19 heavy (non-hydrogen) atoms. The SMILES string of the molecule is Cc1cc(C(C)Nc2c(Cl)cc(F)cc2Cl)c(C)o1. The lowest BCUT2D eigenvalue weighted by Crippen LogP contribution is -2.08. The number of aryl methyl sites for hydroxylation is 2. The summed E-state index contributed by atoms with van der Waals surface area (Å²) in [6, 6.07) is 4.38. The molecule has 0 aliphatic carbocycles. The Bertz CT molecular complexity index is 586. The first-order chi connectivity index (χ1) is 8.88. The van der Waals surface area contributed by atoms with Crippen molar-refractivity contribution in [1.82, 2.24) is 0 Å². The lowest BCUT2D eigenvalue weighted by atomic mass is 10.1. The summed E-state index contributed by atoms with van der Waals surface area (Å²) in [5, 5.41) is 3.70. The van der Waals surface area contributed by atoms with Crippen LogP contribution in [0.25, 0.3) is 0 Å². The third-order valence-corrected chi connectivity index (χ3v) is 3.51. The largest absolute Gasteiger partial charge is 0.466 e. The highest BCUT2D eigenvalue weighted by Gasteiger charge is 2.16. The van der Waals surface area contributed by atoms with Gasteiger partial charge in [-0.3, -0.25) is 0 Å². The van der Waals surface area contributed by atoms with Gasteiger partial charge >= 0.3 is 0 Å². The Hall–Kier alpha value is -1.19. The molecular weight excluding hydrogens is 288 g/mol. The molecule has 2 rings (SSSR count). The predicted octanol–water partition coefficient (Wildman–Crippen LogP) is 5.52. The van der Waals surface area contributed by atoms with Crippen LogP contribution in [0.1, 0.15) is 30.0 Å². The molecule has 1 aromatic carbocycles. The number of rotatable bonds is 3. The molecule has 0 bridgehead atoms. The van der Waals surface area contributed by atoms with E-state index in [1.807, 2.05) is 26.8 Å².